The summed E-state index contributed by atoms with van der Waals surface area (Å²) in [6.07, 6.45) is -3.30. The number of alkyl halides is 3. The molecule has 0 aliphatic carbocycles. The average Bonchev–Trinajstić information content (AvgIpc) is 2.11. The zero-order chi connectivity index (χ0) is 7.78. The van der Waals surface area contributed by atoms with Gasteiger partial charge in [-0.2, -0.15) is 13.2 Å². The van der Waals surface area contributed by atoms with Gasteiger partial charge in [0, 0.05) is 5.69 Å². The summed E-state index contributed by atoms with van der Waals surface area (Å²) in [6, 6.07) is 0. The van der Waals surface area contributed by atoms with Gasteiger partial charge < -0.3 is 11.1 Å². The highest BCUT2D eigenvalue weighted by molar-refractivity contribution is 5.11. The molecule has 0 aromatic carbocycles. The third kappa shape index (κ3) is 1.94. The SMILES string of the molecule is Cc1[nH]cnc1C(F)(F)F.N. The number of aryl methyl sites for hydroxylation is 1. The molecule has 0 radical (unpaired) electrons. The van der Waals surface area contributed by atoms with Crippen LogP contribution in [0.5, 0.6) is 0 Å². The molecule has 0 spiro atoms. The molecule has 0 atom stereocenters. The van der Waals surface area contributed by atoms with Crippen molar-refractivity contribution in [3.8, 4) is 0 Å². The molecule has 1 aromatic heterocycles. The van der Waals surface area contributed by atoms with E-state index in [1.165, 1.54) is 6.92 Å². The lowest BCUT2D eigenvalue weighted by atomic mass is 10.3. The number of nitrogens with one attached hydrogen (secondary N) is 1. The van der Waals surface area contributed by atoms with Crippen LogP contribution in [-0.4, -0.2) is 9.97 Å². The monoisotopic (exact) mass is 167 g/mol. The van der Waals surface area contributed by atoms with Crippen molar-refractivity contribution in [2.24, 2.45) is 0 Å². The van der Waals surface area contributed by atoms with Gasteiger partial charge in [0.05, 0.1) is 6.33 Å². The highest BCUT2D eigenvalue weighted by atomic mass is 19.4. The second-order valence-corrected chi connectivity index (χ2v) is 1.87. The lowest BCUT2D eigenvalue weighted by Gasteiger charge is -2.01. The van der Waals surface area contributed by atoms with Gasteiger partial charge in [-0.05, 0) is 6.92 Å². The number of aromatic amines is 1. The molecular weight excluding hydrogens is 159 g/mol. The second-order valence-electron chi connectivity index (χ2n) is 1.87. The first-order valence-corrected chi connectivity index (χ1v) is 2.59. The molecule has 0 aliphatic heterocycles. The molecule has 0 bridgehead atoms. The van der Waals surface area contributed by atoms with Crippen molar-refractivity contribution in [2.75, 3.05) is 0 Å². The van der Waals surface area contributed by atoms with Gasteiger partial charge in [-0.3, -0.25) is 0 Å². The van der Waals surface area contributed by atoms with Crippen LogP contribution in [0.3, 0.4) is 0 Å². The minimum absolute atomic E-state index is 0. The van der Waals surface area contributed by atoms with Crippen molar-refractivity contribution in [2.45, 2.75) is 13.1 Å². The topological polar surface area (TPSA) is 63.7 Å². The van der Waals surface area contributed by atoms with E-state index in [4.69, 9.17) is 0 Å². The first-order valence-electron chi connectivity index (χ1n) is 2.59. The fourth-order valence-electron chi connectivity index (χ4n) is 0.645. The maximum absolute atomic E-state index is 11.8. The van der Waals surface area contributed by atoms with Gasteiger partial charge in [0.25, 0.3) is 0 Å². The minimum atomic E-state index is -4.33. The number of hydrogen-bond donors (Lipinski definition) is 2. The van der Waals surface area contributed by atoms with Crippen LogP contribution in [0.25, 0.3) is 0 Å². The lowest BCUT2D eigenvalue weighted by molar-refractivity contribution is -0.141. The number of rotatable bonds is 0. The van der Waals surface area contributed by atoms with Crippen LogP contribution in [0.15, 0.2) is 6.33 Å². The summed E-state index contributed by atoms with van der Waals surface area (Å²) in [7, 11) is 0. The van der Waals surface area contributed by atoms with Crippen molar-refractivity contribution < 1.29 is 13.2 Å². The van der Waals surface area contributed by atoms with Crippen molar-refractivity contribution in [1.82, 2.24) is 16.1 Å². The highest BCUT2D eigenvalue weighted by Crippen LogP contribution is 2.28. The van der Waals surface area contributed by atoms with Gasteiger partial charge in [0.15, 0.2) is 5.69 Å². The summed E-state index contributed by atoms with van der Waals surface area (Å²) in [5.74, 6) is 0. The van der Waals surface area contributed by atoms with E-state index in [0.717, 1.165) is 6.33 Å². The maximum Gasteiger partial charge on any atom is 0.435 e. The molecule has 3 nitrogen and oxygen atoms in total. The molecule has 11 heavy (non-hydrogen) atoms. The van der Waals surface area contributed by atoms with Crippen LogP contribution in [0.2, 0.25) is 0 Å². The summed E-state index contributed by atoms with van der Waals surface area (Å²) < 4.78 is 35.4. The van der Waals surface area contributed by atoms with Crippen LogP contribution in [-0.2, 0) is 6.18 Å². The van der Waals surface area contributed by atoms with Gasteiger partial charge in [0.2, 0.25) is 0 Å². The van der Waals surface area contributed by atoms with E-state index >= 15 is 0 Å². The Morgan fingerprint density at radius 2 is 2.00 bits per heavy atom. The van der Waals surface area contributed by atoms with Gasteiger partial charge in [-0.1, -0.05) is 0 Å². The molecule has 1 rings (SSSR count). The smallest absolute Gasteiger partial charge is 0.348 e. The van der Waals surface area contributed by atoms with Gasteiger partial charge in [-0.25, -0.2) is 4.98 Å². The van der Waals surface area contributed by atoms with Gasteiger partial charge >= 0.3 is 6.18 Å². The fraction of sp³-hybridized carbons (Fsp3) is 0.400. The van der Waals surface area contributed by atoms with Crippen molar-refractivity contribution in [3.05, 3.63) is 17.7 Å². The summed E-state index contributed by atoms with van der Waals surface area (Å²) in [4.78, 5) is 5.45. The van der Waals surface area contributed by atoms with E-state index in [1.54, 1.807) is 0 Å². The third-order valence-corrected chi connectivity index (χ3v) is 1.10. The van der Waals surface area contributed by atoms with E-state index in [0.29, 0.717) is 0 Å². The van der Waals surface area contributed by atoms with E-state index in [1.807, 2.05) is 0 Å². The number of H-pyrrole nitrogens is 1. The molecule has 6 heteroatoms. The van der Waals surface area contributed by atoms with Gasteiger partial charge in [0.1, 0.15) is 0 Å². The molecule has 0 aliphatic rings. The Hall–Kier alpha value is -1.04. The second kappa shape index (κ2) is 2.91. The number of imidazole rings is 1. The maximum atomic E-state index is 11.8. The van der Waals surface area contributed by atoms with E-state index in [-0.39, 0.29) is 11.8 Å². The fourth-order valence-corrected chi connectivity index (χ4v) is 0.645. The van der Waals surface area contributed by atoms with Crippen molar-refractivity contribution in [3.63, 3.8) is 0 Å². The van der Waals surface area contributed by atoms with Gasteiger partial charge in [-0.15, -0.1) is 0 Å². The number of halogens is 3. The Balaban J connectivity index is 0.000001000. The summed E-state index contributed by atoms with van der Waals surface area (Å²) in [6.45, 7) is 1.33. The Labute approximate surface area is 61.2 Å². The highest BCUT2D eigenvalue weighted by Gasteiger charge is 2.34. The molecule has 4 N–H and O–H groups in total. The largest absolute Gasteiger partial charge is 0.435 e. The predicted molar refractivity (Wildman–Crippen MR) is 33.3 cm³/mol. The Kier molecular flexibility index (Phi) is 2.64. The Morgan fingerprint density at radius 1 is 1.45 bits per heavy atom. The van der Waals surface area contributed by atoms with Crippen LogP contribution >= 0.6 is 0 Å². The van der Waals surface area contributed by atoms with E-state index in [2.05, 4.69) is 9.97 Å². The molecular formula is C5H8F3N3. The Morgan fingerprint density at radius 3 is 2.18 bits per heavy atom. The minimum Gasteiger partial charge on any atom is -0.348 e. The molecule has 0 saturated carbocycles. The summed E-state index contributed by atoms with van der Waals surface area (Å²) in [5, 5.41) is 0. The molecule has 1 heterocycles. The number of aromatic nitrogens is 2. The molecule has 1 aromatic rings. The van der Waals surface area contributed by atoms with Crippen LogP contribution in [0, 0.1) is 6.92 Å². The molecule has 0 unspecified atom stereocenters. The van der Waals surface area contributed by atoms with Crippen LogP contribution < -0.4 is 6.15 Å². The molecule has 0 amide bonds. The first-order chi connectivity index (χ1) is 4.52. The Bertz CT molecular complexity index is 227. The van der Waals surface area contributed by atoms with Crippen LogP contribution in [0.1, 0.15) is 11.4 Å². The molecule has 0 fully saturated rings. The average molecular weight is 167 g/mol. The summed E-state index contributed by atoms with van der Waals surface area (Å²) in [5.41, 5.74) is -0.792. The first kappa shape index (κ1) is 9.96. The van der Waals surface area contributed by atoms with E-state index in [9.17, 15) is 13.2 Å². The lowest BCUT2D eigenvalue weighted by Crippen LogP contribution is -2.06. The van der Waals surface area contributed by atoms with Crippen molar-refractivity contribution in [1.29, 1.82) is 0 Å². The molecule has 64 valence electrons. The standard InChI is InChI=1S/C5H5F3N2.H3N/c1-3-4(5(6,7)8)10-2-9-3;/h2H,1H3,(H,9,10);1H3. The third-order valence-electron chi connectivity index (χ3n) is 1.10. The zero-order valence-electron chi connectivity index (χ0n) is 5.87. The molecule has 0 saturated heterocycles. The number of hydrogen-bond acceptors (Lipinski definition) is 2. The quantitative estimate of drug-likeness (QED) is 0.619. The predicted octanol–water partition coefficient (Wildman–Crippen LogP) is 1.90. The van der Waals surface area contributed by atoms with E-state index < -0.39 is 11.9 Å². The van der Waals surface area contributed by atoms with Crippen molar-refractivity contribution >= 4 is 0 Å². The summed E-state index contributed by atoms with van der Waals surface area (Å²) >= 11 is 0. The van der Waals surface area contributed by atoms with Crippen LogP contribution in [0.4, 0.5) is 13.2 Å². The zero-order valence-corrected chi connectivity index (χ0v) is 5.87. The normalized spacial score (nSPS) is 10.9. The number of nitrogens with zero attached hydrogens (tertiary/aromatic N) is 1.